The smallest absolute Gasteiger partial charge is 0.253 e. The Morgan fingerprint density at radius 3 is 2.74 bits per heavy atom. The second kappa shape index (κ2) is 10.9. The van der Waals surface area contributed by atoms with Gasteiger partial charge < -0.3 is 4.74 Å². The van der Waals surface area contributed by atoms with Crippen molar-refractivity contribution in [1.82, 2.24) is 19.1 Å². The van der Waals surface area contributed by atoms with E-state index in [0.717, 1.165) is 27.4 Å². The number of thiazole rings is 1. The summed E-state index contributed by atoms with van der Waals surface area (Å²) in [6.07, 6.45) is 1.02. The van der Waals surface area contributed by atoms with E-state index in [-0.39, 0.29) is 16.7 Å². The number of nitrogens with zero attached hydrogens (tertiary/aromatic N) is 5. The molecule has 1 fully saturated rings. The number of anilines is 1. The summed E-state index contributed by atoms with van der Waals surface area (Å²) in [5.74, 6) is 0.352. The Kier molecular flexibility index (Phi) is 7.79. The van der Waals surface area contributed by atoms with E-state index >= 15 is 0 Å². The molecule has 202 valence electrons. The molecule has 0 aliphatic carbocycles. The molecule has 1 unspecified atom stereocenters. The van der Waals surface area contributed by atoms with Crippen LogP contribution in [0.5, 0.6) is 5.75 Å². The Balaban J connectivity index is 1.51. The molecule has 0 saturated carbocycles. The molecule has 4 aromatic rings. The lowest BCUT2D eigenvalue weighted by molar-refractivity contribution is -0.121. The van der Waals surface area contributed by atoms with Gasteiger partial charge in [0.1, 0.15) is 21.5 Å². The maximum Gasteiger partial charge on any atom is 0.253 e. The first-order valence-corrected chi connectivity index (χ1v) is 15.8. The molecule has 0 N–H and O–H groups in total. The Hall–Kier alpha value is -2.51. The van der Waals surface area contributed by atoms with Crippen LogP contribution in [0.25, 0.3) is 10.2 Å². The van der Waals surface area contributed by atoms with Crippen LogP contribution in [0, 0.1) is 13.8 Å². The van der Waals surface area contributed by atoms with Crippen molar-refractivity contribution in [1.29, 1.82) is 0 Å². The van der Waals surface area contributed by atoms with Crippen molar-refractivity contribution in [3.05, 3.63) is 52.1 Å². The first-order chi connectivity index (χ1) is 18.2. The zero-order chi connectivity index (χ0) is 27.0. The van der Waals surface area contributed by atoms with Crippen LogP contribution in [0.2, 0.25) is 4.34 Å². The van der Waals surface area contributed by atoms with Gasteiger partial charge in [-0.1, -0.05) is 29.0 Å². The Morgan fingerprint density at radius 1 is 1.24 bits per heavy atom. The number of carbonyl (C=O) groups excluding carboxylic acids is 1. The Labute approximate surface area is 234 Å². The topological polar surface area (TPSA) is 97.6 Å². The molecule has 3 aromatic heterocycles. The fourth-order valence-electron chi connectivity index (χ4n) is 4.70. The molecule has 0 bridgehead atoms. The number of para-hydroxylation sites is 1. The second-order valence-electron chi connectivity index (χ2n) is 9.00. The third kappa shape index (κ3) is 5.20. The largest absolute Gasteiger partial charge is 0.492 e. The summed E-state index contributed by atoms with van der Waals surface area (Å²) in [6.45, 7) is 7.30. The number of ether oxygens (including phenoxy) is 1. The van der Waals surface area contributed by atoms with Gasteiger partial charge in [-0.15, -0.1) is 11.3 Å². The maximum atomic E-state index is 14.1. The molecular weight excluding hydrogens is 566 g/mol. The molecule has 1 aromatic carbocycles. The average Bonchev–Trinajstić information content (AvgIpc) is 3.66. The van der Waals surface area contributed by atoms with Gasteiger partial charge in [-0.05, 0) is 63.9 Å². The van der Waals surface area contributed by atoms with E-state index in [1.54, 1.807) is 11.0 Å². The molecule has 0 spiro atoms. The monoisotopic (exact) mass is 593 g/mol. The van der Waals surface area contributed by atoms with Gasteiger partial charge in [0.15, 0.2) is 5.13 Å². The fraction of sp³-hybridized carbons (Fsp3) is 0.400. The quantitative estimate of drug-likeness (QED) is 0.267. The van der Waals surface area contributed by atoms with Gasteiger partial charge in [-0.2, -0.15) is 9.40 Å². The van der Waals surface area contributed by atoms with Crippen LogP contribution >= 0.6 is 34.3 Å². The van der Waals surface area contributed by atoms with E-state index in [9.17, 15) is 13.2 Å². The summed E-state index contributed by atoms with van der Waals surface area (Å²) in [5.41, 5.74) is 2.56. The van der Waals surface area contributed by atoms with Gasteiger partial charge in [0.05, 0.1) is 27.9 Å². The third-order valence-corrected chi connectivity index (χ3v) is 11.1. The molecule has 1 aliphatic rings. The van der Waals surface area contributed by atoms with E-state index in [0.29, 0.717) is 53.3 Å². The second-order valence-corrected chi connectivity index (χ2v) is 13.8. The van der Waals surface area contributed by atoms with Crippen molar-refractivity contribution in [2.45, 2.75) is 50.4 Å². The molecule has 4 heterocycles. The average molecular weight is 594 g/mol. The van der Waals surface area contributed by atoms with E-state index < -0.39 is 16.1 Å². The molecule has 1 atom stereocenters. The van der Waals surface area contributed by atoms with E-state index in [2.05, 4.69) is 5.10 Å². The lowest BCUT2D eigenvalue weighted by Crippen LogP contribution is -2.48. The van der Waals surface area contributed by atoms with Crippen molar-refractivity contribution >= 4 is 65.6 Å². The van der Waals surface area contributed by atoms with Crippen LogP contribution in [-0.4, -0.2) is 59.1 Å². The number of hydrogen-bond donors (Lipinski definition) is 0. The summed E-state index contributed by atoms with van der Waals surface area (Å²) in [7, 11) is -3.87. The highest BCUT2D eigenvalue weighted by Gasteiger charge is 2.42. The highest BCUT2D eigenvalue weighted by atomic mass is 35.5. The number of hydrogen-bond acceptors (Lipinski definition) is 8. The molecule has 5 rings (SSSR count). The number of carbonyl (C=O) groups is 1. The van der Waals surface area contributed by atoms with E-state index in [1.165, 1.54) is 21.7 Å². The van der Waals surface area contributed by atoms with Gasteiger partial charge in [-0.3, -0.25) is 14.4 Å². The highest BCUT2D eigenvalue weighted by Crippen LogP contribution is 2.37. The van der Waals surface area contributed by atoms with Crippen molar-refractivity contribution in [2.75, 3.05) is 24.6 Å². The Bertz CT molecular complexity index is 1580. The van der Waals surface area contributed by atoms with Gasteiger partial charge >= 0.3 is 0 Å². The van der Waals surface area contributed by atoms with Gasteiger partial charge in [0.2, 0.25) is 5.91 Å². The van der Waals surface area contributed by atoms with Crippen LogP contribution < -0.4 is 9.64 Å². The predicted molar refractivity (Wildman–Crippen MR) is 151 cm³/mol. The van der Waals surface area contributed by atoms with Crippen LogP contribution in [0.3, 0.4) is 0 Å². The highest BCUT2D eigenvalue weighted by molar-refractivity contribution is 7.91. The number of rotatable bonds is 9. The maximum absolute atomic E-state index is 14.1. The van der Waals surface area contributed by atoms with Crippen molar-refractivity contribution in [3.63, 3.8) is 0 Å². The van der Waals surface area contributed by atoms with Crippen molar-refractivity contribution in [3.8, 4) is 5.75 Å². The number of aromatic nitrogens is 3. The lowest BCUT2D eigenvalue weighted by atomic mass is 10.2. The molecule has 38 heavy (non-hydrogen) atoms. The zero-order valence-electron chi connectivity index (χ0n) is 21.3. The normalized spacial score (nSPS) is 16.4. The van der Waals surface area contributed by atoms with E-state index in [1.807, 2.05) is 49.7 Å². The van der Waals surface area contributed by atoms with Crippen LogP contribution in [0.15, 0.2) is 40.6 Å². The van der Waals surface area contributed by atoms with Crippen LogP contribution in [0.1, 0.15) is 31.2 Å². The van der Waals surface area contributed by atoms with E-state index in [4.69, 9.17) is 21.3 Å². The summed E-state index contributed by atoms with van der Waals surface area (Å²) < 4.78 is 37.3. The molecule has 9 nitrogen and oxygen atoms in total. The summed E-state index contributed by atoms with van der Waals surface area (Å²) in [6, 6.07) is 9.89. The van der Waals surface area contributed by atoms with Crippen molar-refractivity contribution < 1.29 is 17.9 Å². The number of thiophene rings is 1. The SMILES string of the molecule is CCOc1cccc2sc(N(CCn3nc(C)cc3C)C(=O)C3CCCN3S(=O)(=O)c3ccc(Cl)s3)nc12. The number of amides is 1. The lowest BCUT2D eigenvalue weighted by Gasteiger charge is -2.28. The number of sulfonamides is 1. The predicted octanol–water partition coefficient (Wildman–Crippen LogP) is 5.11. The van der Waals surface area contributed by atoms with Gasteiger partial charge in [0.25, 0.3) is 10.0 Å². The molecular formula is C25H28ClN5O4S3. The molecule has 1 aliphatic heterocycles. The minimum absolute atomic E-state index is 0.137. The molecule has 13 heteroatoms. The summed E-state index contributed by atoms with van der Waals surface area (Å²) in [5, 5.41) is 5.04. The number of halogens is 1. The Morgan fingerprint density at radius 2 is 2.05 bits per heavy atom. The zero-order valence-corrected chi connectivity index (χ0v) is 24.5. The number of fused-ring (bicyclic) bond motifs is 1. The first-order valence-electron chi connectivity index (χ1n) is 12.3. The van der Waals surface area contributed by atoms with Crippen LogP contribution in [0.4, 0.5) is 5.13 Å². The van der Waals surface area contributed by atoms with Gasteiger partial charge in [0, 0.05) is 18.8 Å². The van der Waals surface area contributed by atoms with Crippen LogP contribution in [-0.2, 0) is 21.4 Å². The summed E-state index contributed by atoms with van der Waals surface area (Å²) in [4.78, 5) is 20.5. The third-order valence-electron chi connectivity index (χ3n) is 6.41. The standard InChI is InChI=1S/C25H28ClN5O4S3/c1-4-35-19-8-5-9-20-23(19)27-25(36-20)29(13-14-30-17(3)15-16(2)28-30)24(32)18-7-6-12-31(18)38(33,34)22-11-10-21(26)37-22/h5,8-11,15,18H,4,6-7,12-14H2,1-3H3. The van der Waals surface area contributed by atoms with Gasteiger partial charge in [-0.25, -0.2) is 13.4 Å². The number of aryl methyl sites for hydroxylation is 2. The molecule has 0 radical (unpaired) electrons. The molecule has 1 amide bonds. The summed E-state index contributed by atoms with van der Waals surface area (Å²) >= 11 is 8.41. The molecule has 1 saturated heterocycles. The fourth-order valence-corrected chi connectivity index (χ4v) is 8.98. The first kappa shape index (κ1) is 27.1. The minimum atomic E-state index is -3.87. The number of benzene rings is 1. The minimum Gasteiger partial charge on any atom is -0.492 e. The van der Waals surface area contributed by atoms with Crippen molar-refractivity contribution in [2.24, 2.45) is 0 Å².